The van der Waals surface area contributed by atoms with Crippen molar-refractivity contribution in [1.29, 1.82) is 0 Å². The first-order valence-corrected chi connectivity index (χ1v) is 5.03. The number of benzene rings is 1. The fourth-order valence-electron chi connectivity index (χ4n) is 1.28. The molecule has 0 aliphatic carbocycles. The van der Waals surface area contributed by atoms with Crippen LogP contribution in [0.1, 0.15) is 5.56 Å². The van der Waals surface area contributed by atoms with Gasteiger partial charge in [-0.05, 0) is 12.0 Å². The Labute approximate surface area is 94.4 Å². The minimum absolute atomic E-state index is 0.207. The average Bonchev–Trinajstić information content (AvgIpc) is 2.27. The summed E-state index contributed by atoms with van der Waals surface area (Å²) in [6.45, 7) is 0. The van der Waals surface area contributed by atoms with Crippen LogP contribution in [0.4, 0.5) is 0 Å². The number of hydrogen-bond donors (Lipinski definition) is 4. The quantitative estimate of drug-likeness (QED) is 0.465. The van der Waals surface area contributed by atoms with Gasteiger partial charge in [0.25, 0.3) is 0 Å². The lowest BCUT2D eigenvalue weighted by atomic mass is 9.92. The topological polar surface area (TPSA) is 95.6 Å². The van der Waals surface area contributed by atoms with Crippen molar-refractivity contribution in [2.75, 3.05) is 6.44 Å². The highest BCUT2D eigenvalue weighted by molar-refractivity contribution is 6.41. The summed E-state index contributed by atoms with van der Waals surface area (Å²) in [7, 11) is -1.55. The van der Waals surface area contributed by atoms with Gasteiger partial charge in [-0.3, -0.25) is 4.79 Å². The lowest BCUT2D eigenvalue weighted by Crippen LogP contribution is -2.45. The molecule has 1 aromatic carbocycles. The minimum atomic E-state index is -1.55. The maximum atomic E-state index is 11.4. The van der Waals surface area contributed by atoms with E-state index >= 15 is 0 Å². The van der Waals surface area contributed by atoms with Crippen LogP contribution in [0.15, 0.2) is 30.3 Å². The normalized spacial score (nSPS) is 11.9. The Hall–Kier alpha value is -1.37. The van der Waals surface area contributed by atoms with Crippen LogP contribution in [-0.2, 0) is 11.2 Å². The zero-order chi connectivity index (χ0) is 12.0. The molecule has 5 N–H and O–H groups in total. The van der Waals surface area contributed by atoms with Crippen molar-refractivity contribution in [3.05, 3.63) is 35.9 Å². The summed E-state index contributed by atoms with van der Waals surface area (Å²) in [6, 6.07) is 8.72. The predicted molar refractivity (Wildman–Crippen MR) is 61.3 cm³/mol. The van der Waals surface area contributed by atoms with Gasteiger partial charge in [-0.15, -0.1) is 0 Å². The standard InChI is InChI=1S/C10H15BN2O3/c12-9(10(14)13-7-11(15)16)6-8-4-2-1-3-5-8/h1-5,9,15-16H,6-7,12H2,(H,13,14)/t9-/m0/s1. The van der Waals surface area contributed by atoms with E-state index in [0.717, 1.165) is 5.56 Å². The molecule has 0 aromatic heterocycles. The predicted octanol–water partition coefficient (Wildman–Crippen LogP) is -1.32. The Morgan fingerprint density at radius 1 is 1.38 bits per heavy atom. The molecule has 0 spiro atoms. The molecule has 0 saturated heterocycles. The number of nitrogens with two attached hydrogens (primary N) is 1. The second kappa shape index (κ2) is 6.27. The van der Waals surface area contributed by atoms with Gasteiger partial charge in [0.05, 0.1) is 12.5 Å². The van der Waals surface area contributed by atoms with Crippen molar-refractivity contribution >= 4 is 13.0 Å². The molecule has 6 heteroatoms. The molecule has 1 aromatic rings. The first-order valence-electron chi connectivity index (χ1n) is 5.03. The van der Waals surface area contributed by atoms with Gasteiger partial charge in [-0.25, -0.2) is 0 Å². The summed E-state index contributed by atoms with van der Waals surface area (Å²) in [5, 5.41) is 19.5. The van der Waals surface area contributed by atoms with Crippen molar-refractivity contribution < 1.29 is 14.8 Å². The molecule has 0 saturated carbocycles. The van der Waals surface area contributed by atoms with Gasteiger partial charge >= 0.3 is 7.12 Å². The van der Waals surface area contributed by atoms with Gasteiger partial charge in [0.1, 0.15) is 0 Å². The fraction of sp³-hybridized carbons (Fsp3) is 0.300. The number of amides is 1. The zero-order valence-electron chi connectivity index (χ0n) is 8.84. The molecule has 0 fully saturated rings. The van der Waals surface area contributed by atoms with Crippen molar-refractivity contribution in [2.24, 2.45) is 5.73 Å². The third-order valence-corrected chi connectivity index (χ3v) is 2.09. The van der Waals surface area contributed by atoms with Crippen molar-refractivity contribution in [3.8, 4) is 0 Å². The molecule has 86 valence electrons. The van der Waals surface area contributed by atoms with Gasteiger partial charge in [0.15, 0.2) is 0 Å². The molecule has 16 heavy (non-hydrogen) atoms. The number of nitrogens with one attached hydrogen (secondary N) is 1. The van der Waals surface area contributed by atoms with Crippen LogP contribution < -0.4 is 11.1 Å². The molecule has 5 nitrogen and oxygen atoms in total. The van der Waals surface area contributed by atoms with Crippen molar-refractivity contribution in [1.82, 2.24) is 5.32 Å². The molecule has 0 aliphatic rings. The van der Waals surface area contributed by atoms with Crippen LogP contribution >= 0.6 is 0 Å². The zero-order valence-corrected chi connectivity index (χ0v) is 8.84. The van der Waals surface area contributed by atoms with E-state index in [9.17, 15) is 4.79 Å². The van der Waals surface area contributed by atoms with Gasteiger partial charge in [0.2, 0.25) is 5.91 Å². The molecule has 0 heterocycles. The first-order chi connectivity index (χ1) is 7.59. The Balaban J connectivity index is 2.40. The smallest absolute Gasteiger partial charge is 0.426 e. The highest BCUT2D eigenvalue weighted by atomic mass is 16.4. The van der Waals surface area contributed by atoms with Crippen LogP contribution in [0.2, 0.25) is 0 Å². The fourth-order valence-corrected chi connectivity index (χ4v) is 1.28. The van der Waals surface area contributed by atoms with Crippen LogP contribution in [0.3, 0.4) is 0 Å². The lowest BCUT2D eigenvalue weighted by Gasteiger charge is -2.11. The lowest BCUT2D eigenvalue weighted by molar-refractivity contribution is -0.122. The van der Waals surface area contributed by atoms with Gasteiger partial charge in [-0.1, -0.05) is 30.3 Å². The van der Waals surface area contributed by atoms with E-state index in [4.69, 9.17) is 15.8 Å². The molecule has 1 atom stereocenters. The van der Waals surface area contributed by atoms with Crippen molar-refractivity contribution in [3.63, 3.8) is 0 Å². The third-order valence-electron chi connectivity index (χ3n) is 2.09. The summed E-state index contributed by atoms with van der Waals surface area (Å²) in [5.41, 5.74) is 6.63. The van der Waals surface area contributed by atoms with Crippen LogP contribution in [0.5, 0.6) is 0 Å². The monoisotopic (exact) mass is 222 g/mol. The first kappa shape index (κ1) is 12.7. The van der Waals surface area contributed by atoms with E-state index in [1.807, 2.05) is 30.3 Å². The number of rotatable bonds is 5. The Bertz CT molecular complexity index is 332. The molecular formula is C10H15BN2O3. The van der Waals surface area contributed by atoms with Crippen molar-refractivity contribution in [2.45, 2.75) is 12.5 Å². The van der Waals surface area contributed by atoms with E-state index in [1.54, 1.807) is 0 Å². The van der Waals surface area contributed by atoms with E-state index in [1.165, 1.54) is 0 Å². The molecule has 0 aliphatic heterocycles. The second-order valence-electron chi connectivity index (χ2n) is 3.52. The van der Waals surface area contributed by atoms with Gasteiger partial charge in [-0.2, -0.15) is 0 Å². The van der Waals surface area contributed by atoms with Gasteiger partial charge < -0.3 is 21.1 Å². The number of hydrogen-bond acceptors (Lipinski definition) is 4. The summed E-state index contributed by atoms with van der Waals surface area (Å²) in [6.07, 6.45) is 0.218. The largest absolute Gasteiger partial charge is 0.472 e. The maximum Gasteiger partial charge on any atom is 0.472 e. The summed E-state index contributed by atoms with van der Waals surface area (Å²) in [4.78, 5) is 11.4. The molecule has 0 unspecified atom stereocenters. The van der Waals surface area contributed by atoms with Crippen LogP contribution in [-0.4, -0.2) is 35.6 Å². The van der Waals surface area contributed by atoms with Gasteiger partial charge in [0, 0.05) is 0 Å². The van der Waals surface area contributed by atoms with E-state index in [-0.39, 0.29) is 6.44 Å². The second-order valence-corrected chi connectivity index (χ2v) is 3.52. The average molecular weight is 222 g/mol. The summed E-state index contributed by atoms with van der Waals surface area (Å²) >= 11 is 0. The number of carbonyl (C=O) groups is 1. The van der Waals surface area contributed by atoms with Crippen LogP contribution in [0.25, 0.3) is 0 Å². The van der Waals surface area contributed by atoms with E-state index < -0.39 is 19.1 Å². The molecule has 1 rings (SSSR count). The SMILES string of the molecule is N[C@@H](Cc1ccccc1)C(=O)NCB(O)O. The molecular weight excluding hydrogens is 207 g/mol. The minimum Gasteiger partial charge on any atom is -0.426 e. The molecule has 0 bridgehead atoms. The highest BCUT2D eigenvalue weighted by Gasteiger charge is 2.16. The Morgan fingerprint density at radius 2 is 2.00 bits per heavy atom. The van der Waals surface area contributed by atoms with E-state index in [0.29, 0.717) is 6.42 Å². The van der Waals surface area contributed by atoms with Crippen LogP contribution in [0, 0.1) is 0 Å². The summed E-state index contributed by atoms with van der Waals surface area (Å²) in [5.74, 6) is -0.392. The van der Waals surface area contributed by atoms with E-state index in [2.05, 4.69) is 5.32 Å². The number of carbonyl (C=O) groups excluding carboxylic acids is 1. The maximum absolute atomic E-state index is 11.4. The third kappa shape index (κ3) is 4.44. The molecule has 0 radical (unpaired) electrons. The highest BCUT2D eigenvalue weighted by Crippen LogP contribution is 2.01. The summed E-state index contributed by atoms with van der Waals surface area (Å²) < 4.78 is 0. The Morgan fingerprint density at radius 3 is 2.56 bits per heavy atom. The Kier molecular flexibility index (Phi) is 4.98. The molecule has 1 amide bonds.